The summed E-state index contributed by atoms with van der Waals surface area (Å²) in [6, 6.07) is 0. The van der Waals surface area contributed by atoms with Gasteiger partial charge in [-0.2, -0.15) is 26.3 Å². The second-order valence-corrected chi connectivity index (χ2v) is 3.37. The fourth-order valence-electron chi connectivity index (χ4n) is 1.44. The second-order valence-electron chi connectivity index (χ2n) is 3.37. The molecule has 7 heteroatoms. The smallest absolute Gasteiger partial charge is 0.316 e. The van der Waals surface area contributed by atoms with Gasteiger partial charge in [0, 0.05) is 13.1 Å². The van der Waals surface area contributed by atoms with Crippen LogP contribution in [0, 0.1) is 11.8 Å². The molecule has 84 valence electrons. The van der Waals surface area contributed by atoms with Gasteiger partial charge in [0.05, 0.1) is 11.8 Å². The van der Waals surface area contributed by atoms with Crippen LogP contribution in [0.5, 0.6) is 0 Å². The van der Waals surface area contributed by atoms with E-state index in [0.29, 0.717) is 0 Å². The average Bonchev–Trinajstić information content (AvgIpc) is 2.01. The molecule has 1 rings (SSSR count). The molecule has 0 radical (unpaired) electrons. The Kier molecular flexibility index (Phi) is 2.99. The van der Waals surface area contributed by atoms with Crippen molar-refractivity contribution in [1.29, 1.82) is 0 Å². The first-order chi connectivity index (χ1) is 6.21. The van der Waals surface area contributed by atoms with Crippen molar-refractivity contribution in [3.05, 3.63) is 0 Å². The van der Waals surface area contributed by atoms with Crippen LogP contribution in [0.4, 0.5) is 26.3 Å². The summed E-state index contributed by atoms with van der Waals surface area (Å²) in [4.78, 5) is 0. The molecule has 1 heterocycles. The molecule has 1 N–H and O–H groups in total. The van der Waals surface area contributed by atoms with Crippen LogP contribution in [0.2, 0.25) is 0 Å². The predicted octanol–water partition coefficient (Wildman–Crippen LogP) is 2.34. The maximum atomic E-state index is 12.1. The number of nitrogens with one attached hydrogen (secondary N) is 1. The van der Waals surface area contributed by atoms with E-state index < -0.39 is 43.7 Å². The van der Waals surface area contributed by atoms with Gasteiger partial charge >= 0.3 is 12.4 Å². The average molecular weight is 221 g/mol. The van der Waals surface area contributed by atoms with Crippen LogP contribution in [-0.2, 0) is 0 Å². The lowest BCUT2D eigenvalue weighted by molar-refractivity contribution is -0.217. The Morgan fingerprint density at radius 2 is 1.14 bits per heavy atom. The van der Waals surface area contributed by atoms with E-state index in [0.717, 1.165) is 0 Å². The quantitative estimate of drug-likeness (QED) is 0.619. The van der Waals surface area contributed by atoms with E-state index in [1.807, 2.05) is 0 Å². The van der Waals surface area contributed by atoms with Gasteiger partial charge in [0.25, 0.3) is 0 Å². The van der Waals surface area contributed by atoms with Crippen LogP contribution < -0.4 is 5.32 Å². The van der Waals surface area contributed by atoms with Crippen LogP contribution >= 0.6 is 0 Å². The Morgan fingerprint density at radius 1 is 0.786 bits per heavy atom. The van der Waals surface area contributed by atoms with Crippen molar-refractivity contribution >= 4 is 0 Å². The fourth-order valence-corrected chi connectivity index (χ4v) is 1.44. The lowest BCUT2D eigenvalue weighted by Gasteiger charge is -2.32. The molecule has 0 spiro atoms. The summed E-state index contributed by atoms with van der Waals surface area (Å²) in [5, 5.41) is 2.16. The molecular formula is C7H9F6N. The largest absolute Gasteiger partial charge is 0.393 e. The van der Waals surface area contributed by atoms with E-state index in [9.17, 15) is 26.3 Å². The van der Waals surface area contributed by atoms with Crippen LogP contribution in [-0.4, -0.2) is 25.4 Å². The van der Waals surface area contributed by atoms with E-state index in [1.165, 1.54) is 0 Å². The molecule has 0 aliphatic carbocycles. The minimum atomic E-state index is -4.54. The third-order valence-electron chi connectivity index (χ3n) is 2.28. The van der Waals surface area contributed by atoms with Gasteiger partial charge in [-0.1, -0.05) is 0 Å². The SMILES string of the molecule is FC(F)(F)[C@@H]1CNC[C@H](C(F)(F)F)C1. The molecule has 0 aromatic rings. The number of hydrogen-bond donors (Lipinski definition) is 1. The van der Waals surface area contributed by atoms with E-state index >= 15 is 0 Å². The Labute approximate surface area is 76.5 Å². The number of piperidine rings is 1. The molecule has 0 bridgehead atoms. The molecule has 0 unspecified atom stereocenters. The Bertz CT molecular complexity index is 175. The molecule has 1 fully saturated rings. The summed E-state index contributed by atoms with van der Waals surface area (Å²) >= 11 is 0. The molecule has 2 atom stereocenters. The number of rotatable bonds is 0. The van der Waals surface area contributed by atoms with Crippen molar-refractivity contribution in [3.8, 4) is 0 Å². The van der Waals surface area contributed by atoms with Crippen LogP contribution in [0.3, 0.4) is 0 Å². The molecule has 1 saturated heterocycles. The zero-order chi connectivity index (χ0) is 11.0. The van der Waals surface area contributed by atoms with Crippen molar-refractivity contribution in [2.24, 2.45) is 11.8 Å². The van der Waals surface area contributed by atoms with Gasteiger partial charge in [-0.05, 0) is 6.42 Å². The van der Waals surface area contributed by atoms with Crippen molar-refractivity contribution in [2.45, 2.75) is 18.8 Å². The highest BCUT2D eigenvalue weighted by Gasteiger charge is 2.49. The summed E-state index contributed by atoms with van der Waals surface area (Å²) in [6.07, 6.45) is -9.95. The normalized spacial score (nSPS) is 30.4. The minimum Gasteiger partial charge on any atom is -0.316 e. The first-order valence-corrected chi connectivity index (χ1v) is 4.05. The van der Waals surface area contributed by atoms with Gasteiger partial charge in [0.15, 0.2) is 0 Å². The molecule has 0 aromatic heterocycles. The highest BCUT2D eigenvalue weighted by molar-refractivity contribution is 4.83. The van der Waals surface area contributed by atoms with E-state index in [4.69, 9.17) is 0 Å². The second kappa shape index (κ2) is 3.60. The van der Waals surface area contributed by atoms with Crippen LogP contribution in [0.15, 0.2) is 0 Å². The summed E-state index contributed by atoms with van der Waals surface area (Å²) in [5.41, 5.74) is 0. The van der Waals surface area contributed by atoms with Gasteiger partial charge in [0.2, 0.25) is 0 Å². The molecule has 1 nitrogen and oxygen atoms in total. The van der Waals surface area contributed by atoms with Crippen LogP contribution in [0.25, 0.3) is 0 Å². The maximum Gasteiger partial charge on any atom is 0.393 e. The molecule has 0 amide bonds. The first kappa shape index (κ1) is 11.6. The Balaban J connectivity index is 2.61. The number of hydrogen-bond acceptors (Lipinski definition) is 1. The molecule has 1 aliphatic rings. The van der Waals surface area contributed by atoms with Gasteiger partial charge in [-0.15, -0.1) is 0 Å². The zero-order valence-electron chi connectivity index (χ0n) is 7.04. The highest BCUT2D eigenvalue weighted by atomic mass is 19.4. The van der Waals surface area contributed by atoms with Gasteiger partial charge in [-0.3, -0.25) is 0 Å². The molecule has 0 saturated carbocycles. The monoisotopic (exact) mass is 221 g/mol. The van der Waals surface area contributed by atoms with Crippen molar-refractivity contribution in [1.82, 2.24) is 5.32 Å². The summed E-state index contributed by atoms with van der Waals surface area (Å²) in [6.45, 7) is -0.841. The van der Waals surface area contributed by atoms with E-state index in [2.05, 4.69) is 5.32 Å². The molecule has 1 aliphatic heterocycles. The van der Waals surface area contributed by atoms with Crippen molar-refractivity contribution in [2.75, 3.05) is 13.1 Å². The minimum absolute atomic E-state index is 0.421. The highest BCUT2D eigenvalue weighted by Crippen LogP contribution is 2.38. The summed E-state index contributed by atoms with van der Waals surface area (Å²) < 4.78 is 72.6. The van der Waals surface area contributed by atoms with Crippen molar-refractivity contribution in [3.63, 3.8) is 0 Å². The van der Waals surface area contributed by atoms with E-state index in [-0.39, 0.29) is 0 Å². The lowest BCUT2D eigenvalue weighted by atomic mass is 9.90. The Hall–Kier alpha value is -0.460. The number of halogens is 6. The zero-order valence-corrected chi connectivity index (χ0v) is 7.04. The van der Waals surface area contributed by atoms with Crippen molar-refractivity contribution < 1.29 is 26.3 Å². The fraction of sp³-hybridized carbons (Fsp3) is 1.00. The Morgan fingerprint density at radius 3 is 1.43 bits per heavy atom. The van der Waals surface area contributed by atoms with Gasteiger partial charge in [0.1, 0.15) is 0 Å². The van der Waals surface area contributed by atoms with Gasteiger partial charge in [-0.25, -0.2) is 0 Å². The predicted molar refractivity (Wildman–Crippen MR) is 36.6 cm³/mol. The first-order valence-electron chi connectivity index (χ1n) is 4.05. The van der Waals surface area contributed by atoms with E-state index in [1.54, 1.807) is 0 Å². The maximum absolute atomic E-state index is 12.1. The standard InChI is InChI=1S/C7H9F6N/c8-6(9,10)4-1-5(3-14-2-4)7(11,12)13/h4-5,14H,1-3H2/t4-,5+. The molecular weight excluding hydrogens is 212 g/mol. The molecule has 14 heavy (non-hydrogen) atoms. The summed E-state index contributed by atoms with van der Waals surface area (Å²) in [5.74, 6) is -3.77. The summed E-state index contributed by atoms with van der Waals surface area (Å²) in [7, 11) is 0. The van der Waals surface area contributed by atoms with Gasteiger partial charge < -0.3 is 5.32 Å². The number of alkyl halides is 6. The third kappa shape index (κ3) is 2.76. The molecule has 0 aromatic carbocycles. The third-order valence-corrected chi connectivity index (χ3v) is 2.28. The van der Waals surface area contributed by atoms with Crippen LogP contribution in [0.1, 0.15) is 6.42 Å². The lowest BCUT2D eigenvalue weighted by Crippen LogP contribution is -2.47. The topological polar surface area (TPSA) is 12.0 Å².